The minimum Gasteiger partial charge on any atom is -0.539 e. The molecule has 1 heterocycles. The Kier molecular flexibility index (Phi) is 3.47. The maximum Gasteiger partial charge on any atom is 0.268 e. The molecule has 0 aliphatic carbocycles. The van der Waals surface area contributed by atoms with Gasteiger partial charge >= 0.3 is 0 Å². The van der Waals surface area contributed by atoms with Gasteiger partial charge in [-0.25, -0.2) is 0 Å². The summed E-state index contributed by atoms with van der Waals surface area (Å²) >= 11 is 0. The lowest BCUT2D eigenvalue weighted by Gasteiger charge is -2.02. The van der Waals surface area contributed by atoms with Gasteiger partial charge in [-0.1, -0.05) is 0 Å². The van der Waals surface area contributed by atoms with Crippen molar-refractivity contribution in [2.24, 2.45) is 0 Å². The zero-order valence-corrected chi connectivity index (χ0v) is 10.2. The Morgan fingerprint density at radius 2 is 2.11 bits per heavy atom. The van der Waals surface area contributed by atoms with Crippen molar-refractivity contribution in [1.82, 2.24) is 5.27 Å². The van der Waals surface area contributed by atoms with Crippen LogP contribution >= 0.6 is 0 Å². The lowest BCUT2D eigenvalue weighted by molar-refractivity contribution is -0.680. The first-order valence-electron chi connectivity index (χ1n) is 5.63. The highest BCUT2D eigenvalue weighted by Gasteiger charge is 2.24. The van der Waals surface area contributed by atoms with E-state index in [1.54, 1.807) is 24.3 Å². The van der Waals surface area contributed by atoms with Crippen LogP contribution in [0.1, 0.15) is 25.6 Å². The van der Waals surface area contributed by atoms with Crippen LogP contribution in [0.25, 0.3) is 5.69 Å². The number of ether oxygens (including phenoxy) is 1. The maximum atomic E-state index is 11.4. The molecule has 0 aliphatic rings. The molecule has 18 heavy (non-hydrogen) atoms. The molecule has 6 nitrogen and oxygen atoms in total. The van der Waals surface area contributed by atoms with E-state index in [2.05, 4.69) is 9.79 Å². The molecule has 2 rings (SSSR count). The highest BCUT2D eigenvalue weighted by molar-refractivity contribution is 5.31. The molecule has 1 aromatic carbocycles. The Hall–Kier alpha value is -2.08. The molecule has 1 atom stereocenters. The van der Waals surface area contributed by atoms with Crippen molar-refractivity contribution in [2.75, 3.05) is 6.61 Å². The number of aliphatic hydroxyl groups is 1. The summed E-state index contributed by atoms with van der Waals surface area (Å²) in [5.41, 5.74) is 0.722. The number of benzene rings is 1. The SMILES string of the molecule is CCOc1ccc(-[n+]2noc([O-])c2C(C)O)cc1. The lowest BCUT2D eigenvalue weighted by Crippen LogP contribution is -2.37. The van der Waals surface area contributed by atoms with Crippen molar-refractivity contribution in [3.63, 3.8) is 0 Å². The van der Waals surface area contributed by atoms with Gasteiger partial charge in [-0.3, -0.25) is 0 Å². The van der Waals surface area contributed by atoms with E-state index in [0.29, 0.717) is 12.3 Å². The van der Waals surface area contributed by atoms with Crippen molar-refractivity contribution < 1.29 is 24.2 Å². The average Bonchev–Trinajstić information content (AvgIpc) is 2.73. The summed E-state index contributed by atoms with van der Waals surface area (Å²) in [6.45, 7) is 3.97. The predicted molar refractivity (Wildman–Crippen MR) is 59.3 cm³/mol. The van der Waals surface area contributed by atoms with Crippen LogP contribution in [-0.2, 0) is 0 Å². The number of nitrogens with zero attached hydrogens (tertiary/aromatic N) is 2. The van der Waals surface area contributed by atoms with Crippen molar-refractivity contribution in [1.29, 1.82) is 0 Å². The molecule has 0 bridgehead atoms. The van der Waals surface area contributed by atoms with Gasteiger partial charge in [0.1, 0.15) is 11.9 Å². The minimum atomic E-state index is -0.949. The number of rotatable bonds is 4. The summed E-state index contributed by atoms with van der Waals surface area (Å²) in [5.74, 6) is 0.0881. The molecule has 6 heteroatoms. The number of hydrogen-bond donors (Lipinski definition) is 1. The van der Waals surface area contributed by atoms with E-state index in [9.17, 15) is 10.2 Å². The fraction of sp³-hybridized carbons (Fsp3) is 0.333. The number of hydrogen-bond acceptors (Lipinski definition) is 5. The summed E-state index contributed by atoms with van der Waals surface area (Å²) in [6.07, 6.45) is -0.949. The highest BCUT2D eigenvalue weighted by Crippen LogP contribution is 2.19. The van der Waals surface area contributed by atoms with Gasteiger partial charge in [-0.05, 0) is 30.7 Å². The smallest absolute Gasteiger partial charge is 0.268 e. The summed E-state index contributed by atoms with van der Waals surface area (Å²) in [7, 11) is 0. The Balaban J connectivity index is 2.37. The molecular formula is C12H14N2O4. The molecule has 0 radical (unpaired) electrons. The Bertz CT molecular complexity index is 519. The fourth-order valence-corrected chi connectivity index (χ4v) is 1.64. The van der Waals surface area contributed by atoms with Crippen LogP contribution in [0.3, 0.4) is 0 Å². The molecule has 96 valence electrons. The molecule has 0 saturated heterocycles. The van der Waals surface area contributed by atoms with Gasteiger partial charge in [0.05, 0.1) is 11.9 Å². The quantitative estimate of drug-likeness (QED) is 0.798. The zero-order chi connectivity index (χ0) is 13.1. The first-order valence-corrected chi connectivity index (χ1v) is 5.63. The van der Waals surface area contributed by atoms with Crippen LogP contribution in [0.2, 0.25) is 0 Å². The van der Waals surface area contributed by atoms with Crippen LogP contribution in [0.5, 0.6) is 11.7 Å². The van der Waals surface area contributed by atoms with E-state index >= 15 is 0 Å². The van der Waals surface area contributed by atoms with Crippen LogP contribution < -0.4 is 14.5 Å². The van der Waals surface area contributed by atoms with Crippen molar-refractivity contribution in [3.05, 3.63) is 30.0 Å². The van der Waals surface area contributed by atoms with Crippen LogP contribution in [0.4, 0.5) is 0 Å². The molecule has 0 aliphatic heterocycles. The molecule has 1 aromatic heterocycles. The third kappa shape index (κ3) is 2.28. The van der Waals surface area contributed by atoms with Gasteiger partial charge in [0, 0.05) is 12.1 Å². The second kappa shape index (κ2) is 5.05. The van der Waals surface area contributed by atoms with E-state index in [4.69, 9.17) is 4.74 Å². The maximum absolute atomic E-state index is 11.4. The summed E-state index contributed by atoms with van der Waals surface area (Å²) < 4.78 is 11.2. The molecule has 2 aromatic rings. The van der Waals surface area contributed by atoms with E-state index in [-0.39, 0.29) is 5.69 Å². The monoisotopic (exact) mass is 250 g/mol. The van der Waals surface area contributed by atoms with Gasteiger partial charge in [0.2, 0.25) is 5.69 Å². The normalized spacial score (nSPS) is 12.4. The Morgan fingerprint density at radius 3 is 2.67 bits per heavy atom. The molecule has 0 spiro atoms. The van der Waals surface area contributed by atoms with Crippen molar-refractivity contribution in [2.45, 2.75) is 20.0 Å². The van der Waals surface area contributed by atoms with E-state index in [1.807, 2.05) is 6.92 Å². The third-order valence-electron chi connectivity index (χ3n) is 2.43. The van der Waals surface area contributed by atoms with Gasteiger partial charge in [0.25, 0.3) is 5.69 Å². The standard InChI is InChI=1S/C12H14N2O4/c1-3-17-10-6-4-9(5-7-10)14-11(8(2)15)12(16)18-13-14/h4-8,15H,3H2,1-2H3. The second-order valence-electron chi connectivity index (χ2n) is 3.76. The fourth-order valence-electron chi connectivity index (χ4n) is 1.64. The minimum absolute atomic E-state index is 0.0964. The molecule has 0 amide bonds. The predicted octanol–water partition coefficient (Wildman–Crippen LogP) is 0.477. The molecule has 1 unspecified atom stereocenters. The van der Waals surface area contributed by atoms with Crippen LogP contribution in [0.15, 0.2) is 28.8 Å². The van der Waals surface area contributed by atoms with Gasteiger partial charge in [-0.2, -0.15) is 0 Å². The second-order valence-corrected chi connectivity index (χ2v) is 3.76. The largest absolute Gasteiger partial charge is 0.539 e. The van der Waals surface area contributed by atoms with E-state index < -0.39 is 12.1 Å². The number of aromatic nitrogens is 2. The van der Waals surface area contributed by atoms with Gasteiger partial charge in [-0.15, -0.1) is 0 Å². The molecule has 1 N–H and O–H groups in total. The third-order valence-corrected chi connectivity index (χ3v) is 2.43. The first kappa shape index (κ1) is 12.4. The Labute approximate surface area is 104 Å². The van der Waals surface area contributed by atoms with E-state index in [0.717, 1.165) is 5.75 Å². The Morgan fingerprint density at radius 1 is 1.44 bits per heavy atom. The lowest BCUT2D eigenvalue weighted by atomic mass is 10.2. The van der Waals surface area contributed by atoms with Gasteiger partial charge in [0.15, 0.2) is 5.95 Å². The van der Waals surface area contributed by atoms with Crippen molar-refractivity contribution >= 4 is 0 Å². The van der Waals surface area contributed by atoms with Gasteiger partial charge < -0.3 is 19.5 Å². The van der Waals surface area contributed by atoms with E-state index in [1.165, 1.54) is 11.6 Å². The zero-order valence-electron chi connectivity index (χ0n) is 10.2. The van der Waals surface area contributed by atoms with Crippen LogP contribution in [0, 0.1) is 0 Å². The molecular weight excluding hydrogens is 236 g/mol. The first-order chi connectivity index (χ1) is 8.63. The van der Waals surface area contributed by atoms with Crippen LogP contribution in [-0.4, -0.2) is 17.0 Å². The summed E-state index contributed by atoms with van der Waals surface area (Å²) in [4.78, 5) is 0. The van der Waals surface area contributed by atoms with Crippen molar-refractivity contribution in [3.8, 4) is 17.4 Å². The molecule has 0 saturated carbocycles. The summed E-state index contributed by atoms with van der Waals surface area (Å²) in [5, 5.41) is 24.5. The molecule has 0 fully saturated rings. The topological polar surface area (TPSA) is 82.4 Å². The summed E-state index contributed by atoms with van der Waals surface area (Å²) in [6, 6.07) is 6.99. The number of aliphatic hydroxyl groups excluding tert-OH is 1. The average molecular weight is 250 g/mol. The highest BCUT2D eigenvalue weighted by atomic mass is 16.6.